The standard InChI is InChI=1S/C12H24O4/c1-2-3-4-7-11(15)12(16,10-14)8-5-6-9-13/h13-14,16H,2-10H2,1H3. The normalized spacial score (nSPS) is 14.8. The Kier molecular flexibility index (Phi) is 8.43. The van der Waals surface area contributed by atoms with Crippen molar-refractivity contribution in [2.45, 2.75) is 57.5 Å². The molecular formula is C12H24O4. The zero-order valence-corrected chi connectivity index (χ0v) is 10.1. The fourth-order valence-electron chi connectivity index (χ4n) is 1.60. The van der Waals surface area contributed by atoms with E-state index in [0.29, 0.717) is 19.3 Å². The van der Waals surface area contributed by atoms with Crippen LogP contribution in [0.15, 0.2) is 0 Å². The maximum absolute atomic E-state index is 11.7. The molecular weight excluding hydrogens is 208 g/mol. The number of carbonyl (C=O) groups is 1. The second-order valence-corrected chi connectivity index (χ2v) is 4.25. The van der Waals surface area contributed by atoms with Gasteiger partial charge in [-0.2, -0.15) is 0 Å². The highest BCUT2D eigenvalue weighted by molar-refractivity contribution is 5.87. The van der Waals surface area contributed by atoms with E-state index in [9.17, 15) is 9.90 Å². The Labute approximate surface area is 97.3 Å². The van der Waals surface area contributed by atoms with Crippen LogP contribution >= 0.6 is 0 Å². The summed E-state index contributed by atoms with van der Waals surface area (Å²) in [4.78, 5) is 11.7. The lowest BCUT2D eigenvalue weighted by atomic mass is 9.90. The largest absolute Gasteiger partial charge is 0.396 e. The minimum atomic E-state index is -1.59. The van der Waals surface area contributed by atoms with Gasteiger partial charge in [-0.1, -0.05) is 19.8 Å². The predicted molar refractivity (Wildman–Crippen MR) is 62.1 cm³/mol. The second kappa shape index (κ2) is 8.67. The SMILES string of the molecule is CCCCCC(=O)C(O)(CO)CCCCO. The topological polar surface area (TPSA) is 77.8 Å². The van der Waals surface area contributed by atoms with Crippen LogP contribution in [0.4, 0.5) is 0 Å². The maximum atomic E-state index is 11.7. The fraction of sp³-hybridized carbons (Fsp3) is 0.917. The summed E-state index contributed by atoms with van der Waals surface area (Å²) in [5.41, 5.74) is -1.59. The summed E-state index contributed by atoms with van der Waals surface area (Å²) in [7, 11) is 0. The molecule has 4 nitrogen and oxygen atoms in total. The van der Waals surface area contributed by atoms with Crippen molar-refractivity contribution in [3.05, 3.63) is 0 Å². The van der Waals surface area contributed by atoms with E-state index in [1.165, 1.54) is 0 Å². The molecule has 0 aromatic heterocycles. The van der Waals surface area contributed by atoms with Crippen molar-refractivity contribution in [2.24, 2.45) is 0 Å². The molecule has 1 unspecified atom stereocenters. The third-order valence-electron chi connectivity index (χ3n) is 2.79. The summed E-state index contributed by atoms with van der Waals surface area (Å²) in [6.45, 7) is 1.57. The minimum Gasteiger partial charge on any atom is -0.396 e. The van der Waals surface area contributed by atoms with Crippen LogP contribution < -0.4 is 0 Å². The fourth-order valence-corrected chi connectivity index (χ4v) is 1.60. The van der Waals surface area contributed by atoms with Crippen molar-refractivity contribution >= 4 is 5.78 Å². The molecule has 0 saturated heterocycles. The van der Waals surface area contributed by atoms with Gasteiger partial charge in [0.05, 0.1) is 6.61 Å². The number of aliphatic hydroxyl groups excluding tert-OH is 2. The van der Waals surface area contributed by atoms with Crippen molar-refractivity contribution < 1.29 is 20.1 Å². The maximum Gasteiger partial charge on any atom is 0.166 e. The van der Waals surface area contributed by atoms with E-state index < -0.39 is 12.2 Å². The molecule has 4 heteroatoms. The molecule has 0 radical (unpaired) electrons. The van der Waals surface area contributed by atoms with Gasteiger partial charge in [0.25, 0.3) is 0 Å². The van der Waals surface area contributed by atoms with Crippen molar-refractivity contribution in [1.82, 2.24) is 0 Å². The van der Waals surface area contributed by atoms with E-state index in [2.05, 4.69) is 0 Å². The molecule has 0 aliphatic heterocycles. The van der Waals surface area contributed by atoms with Crippen LogP contribution in [0.2, 0.25) is 0 Å². The number of aliphatic hydroxyl groups is 3. The van der Waals surface area contributed by atoms with Gasteiger partial charge in [0, 0.05) is 13.0 Å². The number of rotatable bonds is 10. The Bertz CT molecular complexity index is 193. The molecule has 0 bridgehead atoms. The van der Waals surface area contributed by atoms with Gasteiger partial charge < -0.3 is 15.3 Å². The Morgan fingerprint density at radius 2 is 1.81 bits per heavy atom. The highest BCUT2D eigenvalue weighted by atomic mass is 16.3. The molecule has 0 aliphatic rings. The van der Waals surface area contributed by atoms with Gasteiger partial charge in [-0.15, -0.1) is 0 Å². The highest BCUT2D eigenvalue weighted by Gasteiger charge is 2.33. The zero-order valence-electron chi connectivity index (χ0n) is 10.1. The van der Waals surface area contributed by atoms with Crippen LogP contribution in [-0.4, -0.2) is 39.9 Å². The molecule has 0 fully saturated rings. The lowest BCUT2D eigenvalue weighted by Gasteiger charge is -2.24. The van der Waals surface area contributed by atoms with E-state index in [4.69, 9.17) is 10.2 Å². The van der Waals surface area contributed by atoms with Gasteiger partial charge in [0.2, 0.25) is 0 Å². The highest BCUT2D eigenvalue weighted by Crippen LogP contribution is 2.18. The van der Waals surface area contributed by atoms with E-state index in [1.807, 2.05) is 6.92 Å². The summed E-state index contributed by atoms with van der Waals surface area (Å²) in [5.74, 6) is -0.276. The van der Waals surface area contributed by atoms with Crippen molar-refractivity contribution in [2.75, 3.05) is 13.2 Å². The molecule has 0 rings (SSSR count). The summed E-state index contributed by atoms with van der Waals surface area (Å²) in [5, 5.41) is 27.6. The first kappa shape index (κ1) is 15.6. The third-order valence-corrected chi connectivity index (χ3v) is 2.79. The number of Topliss-reactive ketones (excluding diaryl/α,β-unsaturated/α-hetero) is 1. The lowest BCUT2D eigenvalue weighted by Crippen LogP contribution is -2.42. The van der Waals surface area contributed by atoms with Gasteiger partial charge in [-0.3, -0.25) is 4.79 Å². The molecule has 0 aromatic carbocycles. The summed E-state index contributed by atoms with van der Waals surface area (Å²) in [6, 6.07) is 0. The Morgan fingerprint density at radius 1 is 1.12 bits per heavy atom. The molecule has 3 N–H and O–H groups in total. The van der Waals surface area contributed by atoms with Crippen LogP contribution in [0, 0.1) is 0 Å². The number of unbranched alkanes of at least 4 members (excludes halogenated alkanes) is 3. The van der Waals surface area contributed by atoms with Crippen LogP contribution in [-0.2, 0) is 4.79 Å². The molecule has 16 heavy (non-hydrogen) atoms. The summed E-state index contributed by atoms with van der Waals surface area (Å²) in [6.07, 6.45) is 4.40. The molecule has 0 saturated carbocycles. The molecule has 0 spiro atoms. The van der Waals surface area contributed by atoms with Gasteiger partial charge >= 0.3 is 0 Å². The molecule has 0 aromatic rings. The molecule has 0 aliphatic carbocycles. The number of hydrogen-bond acceptors (Lipinski definition) is 4. The molecule has 0 heterocycles. The Morgan fingerprint density at radius 3 is 2.31 bits per heavy atom. The first-order valence-corrected chi connectivity index (χ1v) is 6.08. The monoisotopic (exact) mass is 232 g/mol. The van der Waals surface area contributed by atoms with E-state index >= 15 is 0 Å². The molecule has 1 atom stereocenters. The lowest BCUT2D eigenvalue weighted by molar-refractivity contribution is -0.142. The van der Waals surface area contributed by atoms with Crippen LogP contribution in [0.25, 0.3) is 0 Å². The van der Waals surface area contributed by atoms with E-state index in [1.54, 1.807) is 0 Å². The van der Waals surface area contributed by atoms with Crippen LogP contribution in [0.3, 0.4) is 0 Å². The molecule has 0 amide bonds. The quantitative estimate of drug-likeness (QED) is 0.491. The van der Waals surface area contributed by atoms with Gasteiger partial charge in [0.15, 0.2) is 5.78 Å². The third kappa shape index (κ3) is 5.58. The number of hydrogen-bond donors (Lipinski definition) is 3. The van der Waals surface area contributed by atoms with Crippen LogP contribution in [0.5, 0.6) is 0 Å². The first-order valence-electron chi connectivity index (χ1n) is 6.08. The van der Waals surface area contributed by atoms with Gasteiger partial charge in [0.1, 0.15) is 5.60 Å². The summed E-state index contributed by atoms with van der Waals surface area (Å²) >= 11 is 0. The molecule has 96 valence electrons. The van der Waals surface area contributed by atoms with Gasteiger partial charge in [-0.05, 0) is 25.7 Å². The van der Waals surface area contributed by atoms with E-state index in [0.717, 1.165) is 19.3 Å². The zero-order chi connectivity index (χ0) is 12.4. The first-order chi connectivity index (χ1) is 7.60. The average molecular weight is 232 g/mol. The van der Waals surface area contributed by atoms with Crippen LogP contribution in [0.1, 0.15) is 51.9 Å². The van der Waals surface area contributed by atoms with Crippen molar-refractivity contribution in [1.29, 1.82) is 0 Å². The Hall–Kier alpha value is -0.450. The summed E-state index contributed by atoms with van der Waals surface area (Å²) < 4.78 is 0. The number of ketones is 1. The van der Waals surface area contributed by atoms with Gasteiger partial charge in [-0.25, -0.2) is 0 Å². The smallest absolute Gasteiger partial charge is 0.166 e. The van der Waals surface area contributed by atoms with Crippen molar-refractivity contribution in [3.63, 3.8) is 0 Å². The predicted octanol–water partition coefficient (Wildman–Crippen LogP) is 1.02. The average Bonchev–Trinajstić information content (AvgIpc) is 2.29. The van der Waals surface area contributed by atoms with Crippen molar-refractivity contribution in [3.8, 4) is 0 Å². The number of carbonyl (C=O) groups excluding carboxylic acids is 1. The van der Waals surface area contributed by atoms with E-state index in [-0.39, 0.29) is 18.8 Å². The Balaban J connectivity index is 4.04. The minimum absolute atomic E-state index is 0.0472. The second-order valence-electron chi connectivity index (χ2n) is 4.25.